The first kappa shape index (κ1) is 24.0. The highest BCUT2D eigenvalue weighted by atomic mass is 19.4. The zero-order valence-electron chi connectivity index (χ0n) is 19.8. The number of amides is 1. The third-order valence-electron chi connectivity index (χ3n) is 7.28. The molecule has 2 aliphatic rings. The number of pyridine rings is 2. The van der Waals surface area contributed by atoms with Crippen LogP contribution in [-0.2, 0) is 12.6 Å². The van der Waals surface area contributed by atoms with Crippen molar-refractivity contribution in [3.63, 3.8) is 0 Å². The van der Waals surface area contributed by atoms with Crippen molar-refractivity contribution in [2.24, 2.45) is 5.41 Å². The maximum Gasteiger partial charge on any atom is 0.417 e. The third-order valence-corrected chi connectivity index (χ3v) is 7.28. The fourth-order valence-corrected chi connectivity index (χ4v) is 5.07. The maximum atomic E-state index is 13.9. The van der Waals surface area contributed by atoms with Crippen LogP contribution in [0.3, 0.4) is 0 Å². The average molecular weight is 491 g/mol. The SMILES string of the molecule is Cc1ccc(-c2ccc(C#N)cc2)c(C(=O)N2CC3(CC3)C[C@H]2CCc2ccc(C(F)(F)F)cn2)n1. The van der Waals surface area contributed by atoms with Crippen LogP contribution in [0, 0.1) is 23.7 Å². The number of rotatable bonds is 5. The summed E-state index contributed by atoms with van der Waals surface area (Å²) in [6.45, 7) is 2.51. The Morgan fingerprint density at radius 2 is 1.89 bits per heavy atom. The number of likely N-dealkylation sites (tertiary alicyclic amines) is 1. The van der Waals surface area contributed by atoms with E-state index in [9.17, 15) is 18.0 Å². The Labute approximate surface area is 207 Å². The second-order valence-corrected chi connectivity index (χ2v) is 9.90. The van der Waals surface area contributed by atoms with Gasteiger partial charge in [0.05, 0.1) is 17.2 Å². The molecule has 1 spiro atoms. The van der Waals surface area contributed by atoms with Crippen LogP contribution < -0.4 is 0 Å². The third kappa shape index (κ3) is 4.83. The monoisotopic (exact) mass is 490 g/mol. The van der Waals surface area contributed by atoms with Crippen molar-refractivity contribution in [2.45, 2.75) is 51.2 Å². The van der Waals surface area contributed by atoms with E-state index in [2.05, 4.69) is 16.0 Å². The summed E-state index contributed by atoms with van der Waals surface area (Å²) in [7, 11) is 0. The number of hydrogen-bond donors (Lipinski definition) is 0. The van der Waals surface area contributed by atoms with E-state index in [1.54, 1.807) is 12.1 Å². The van der Waals surface area contributed by atoms with Gasteiger partial charge in [-0.05, 0) is 80.3 Å². The van der Waals surface area contributed by atoms with Crippen molar-refractivity contribution in [1.29, 1.82) is 5.26 Å². The first-order chi connectivity index (χ1) is 17.2. The molecular weight excluding hydrogens is 465 g/mol. The van der Waals surface area contributed by atoms with Gasteiger partial charge in [-0.15, -0.1) is 0 Å². The molecule has 3 aromatic rings. The van der Waals surface area contributed by atoms with Gasteiger partial charge in [-0.3, -0.25) is 9.78 Å². The highest BCUT2D eigenvalue weighted by Crippen LogP contribution is 2.55. The molecule has 0 bridgehead atoms. The molecule has 1 amide bonds. The normalized spacial score (nSPS) is 18.3. The fraction of sp³-hybridized carbons (Fsp3) is 0.357. The number of nitriles is 1. The van der Waals surface area contributed by atoms with Crippen LogP contribution in [-0.4, -0.2) is 33.4 Å². The lowest BCUT2D eigenvalue weighted by Crippen LogP contribution is -2.37. The maximum absolute atomic E-state index is 13.9. The van der Waals surface area contributed by atoms with Crippen molar-refractivity contribution in [1.82, 2.24) is 14.9 Å². The Balaban J connectivity index is 1.38. The summed E-state index contributed by atoms with van der Waals surface area (Å²) in [5, 5.41) is 9.11. The highest BCUT2D eigenvalue weighted by Gasteiger charge is 2.53. The number of halogens is 3. The Morgan fingerprint density at radius 3 is 2.50 bits per heavy atom. The minimum atomic E-state index is -4.41. The molecule has 3 heterocycles. The van der Waals surface area contributed by atoms with Crippen molar-refractivity contribution < 1.29 is 18.0 Å². The summed E-state index contributed by atoms with van der Waals surface area (Å²) in [5.74, 6) is -0.132. The van der Waals surface area contributed by atoms with Gasteiger partial charge >= 0.3 is 6.18 Å². The van der Waals surface area contributed by atoms with Crippen molar-refractivity contribution >= 4 is 5.91 Å². The second-order valence-electron chi connectivity index (χ2n) is 9.90. The number of alkyl halides is 3. The number of hydrogen-bond acceptors (Lipinski definition) is 4. The van der Waals surface area contributed by atoms with Gasteiger partial charge in [0.25, 0.3) is 5.91 Å². The van der Waals surface area contributed by atoms with Crippen LogP contribution in [0.2, 0.25) is 0 Å². The lowest BCUT2D eigenvalue weighted by molar-refractivity contribution is -0.137. The Bertz CT molecular complexity index is 1320. The van der Waals surface area contributed by atoms with Gasteiger partial charge in [-0.25, -0.2) is 4.98 Å². The molecule has 1 atom stereocenters. The minimum Gasteiger partial charge on any atom is -0.334 e. The van der Waals surface area contributed by atoms with E-state index in [4.69, 9.17) is 5.26 Å². The quantitative estimate of drug-likeness (QED) is 0.442. The molecular formula is C28H25F3N4O. The summed E-state index contributed by atoms with van der Waals surface area (Å²) >= 11 is 0. The first-order valence-electron chi connectivity index (χ1n) is 12.0. The summed E-state index contributed by atoms with van der Waals surface area (Å²) in [6, 6.07) is 15.4. The van der Waals surface area contributed by atoms with Gasteiger partial charge in [0.2, 0.25) is 0 Å². The molecule has 2 fully saturated rings. The van der Waals surface area contributed by atoms with E-state index in [0.29, 0.717) is 36.3 Å². The van der Waals surface area contributed by atoms with E-state index in [1.807, 2.05) is 36.1 Å². The molecule has 5 nitrogen and oxygen atoms in total. The fourth-order valence-electron chi connectivity index (χ4n) is 5.07. The number of aryl methyl sites for hydroxylation is 2. The second kappa shape index (κ2) is 9.05. The van der Waals surface area contributed by atoms with Gasteiger partial charge < -0.3 is 4.90 Å². The van der Waals surface area contributed by atoms with Crippen LogP contribution in [0.15, 0.2) is 54.7 Å². The number of carbonyl (C=O) groups excluding carboxylic acids is 1. The van der Waals surface area contributed by atoms with Gasteiger partial charge in [0.15, 0.2) is 0 Å². The molecule has 0 unspecified atom stereocenters. The molecule has 1 aromatic carbocycles. The van der Waals surface area contributed by atoms with Crippen molar-refractivity contribution in [3.8, 4) is 17.2 Å². The minimum absolute atomic E-state index is 0.0276. The van der Waals surface area contributed by atoms with Crippen molar-refractivity contribution in [3.05, 3.63) is 82.9 Å². The predicted molar refractivity (Wildman–Crippen MR) is 128 cm³/mol. The molecule has 0 N–H and O–H groups in total. The largest absolute Gasteiger partial charge is 0.417 e. The molecule has 1 aliphatic heterocycles. The van der Waals surface area contributed by atoms with Gasteiger partial charge in [0, 0.05) is 35.7 Å². The number of carbonyl (C=O) groups is 1. The van der Waals surface area contributed by atoms with Crippen LogP contribution in [0.1, 0.15) is 58.7 Å². The zero-order valence-corrected chi connectivity index (χ0v) is 19.8. The highest BCUT2D eigenvalue weighted by molar-refractivity contribution is 5.99. The Hall–Kier alpha value is -3.73. The van der Waals surface area contributed by atoms with Crippen LogP contribution in [0.25, 0.3) is 11.1 Å². The van der Waals surface area contributed by atoms with Gasteiger partial charge in [-0.1, -0.05) is 18.2 Å². The summed E-state index contributed by atoms with van der Waals surface area (Å²) in [5.41, 5.74) is 3.16. The molecule has 2 aromatic heterocycles. The molecule has 184 valence electrons. The molecule has 8 heteroatoms. The lowest BCUT2D eigenvalue weighted by Gasteiger charge is -2.25. The first-order valence-corrected chi connectivity index (χ1v) is 12.0. The number of aromatic nitrogens is 2. The number of nitrogens with zero attached hydrogens (tertiary/aromatic N) is 4. The molecule has 1 aliphatic carbocycles. The van der Waals surface area contributed by atoms with Gasteiger partial charge in [-0.2, -0.15) is 18.4 Å². The van der Waals surface area contributed by atoms with Crippen LogP contribution >= 0.6 is 0 Å². The Morgan fingerprint density at radius 1 is 1.14 bits per heavy atom. The lowest BCUT2D eigenvalue weighted by atomic mass is 9.99. The number of benzene rings is 1. The molecule has 36 heavy (non-hydrogen) atoms. The average Bonchev–Trinajstić information content (AvgIpc) is 3.53. The zero-order chi connectivity index (χ0) is 25.5. The van der Waals surface area contributed by atoms with Crippen LogP contribution in [0.4, 0.5) is 13.2 Å². The van der Waals surface area contributed by atoms with E-state index < -0.39 is 11.7 Å². The van der Waals surface area contributed by atoms with Crippen LogP contribution in [0.5, 0.6) is 0 Å². The summed E-state index contributed by atoms with van der Waals surface area (Å²) < 4.78 is 38.6. The topological polar surface area (TPSA) is 69.9 Å². The molecule has 5 rings (SSSR count). The Kier molecular flexibility index (Phi) is 6.03. The molecule has 1 saturated heterocycles. The van der Waals surface area contributed by atoms with Crippen molar-refractivity contribution in [2.75, 3.05) is 6.54 Å². The summed E-state index contributed by atoms with van der Waals surface area (Å²) in [4.78, 5) is 24.4. The summed E-state index contributed by atoms with van der Waals surface area (Å²) in [6.07, 6.45) is 0.626. The van der Waals surface area contributed by atoms with E-state index in [-0.39, 0.29) is 17.4 Å². The van der Waals surface area contributed by atoms with E-state index in [1.165, 1.54) is 6.07 Å². The predicted octanol–water partition coefficient (Wildman–Crippen LogP) is 5.97. The van der Waals surface area contributed by atoms with Gasteiger partial charge in [0.1, 0.15) is 5.69 Å². The molecule has 1 saturated carbocycles. The standard InChI is InChI=1S/C28H25F3N4O/c1-18-2-11-24(20-5-3-19(15-32)4-6-20)25(34-18)26(36)35-17-27(12-13-27)14-23(35)10-9-22-8-7-21(16-33-22)28(29,30)31/h2-8,11,16,23H,9-10,12-14,17H2,1H3/t23-/m1/s1. The van der Waals surface area contributed by atoms with E-state index in [0.717, 1.165) is 48.3 Å². The molecule has 0 radical (unpaired) electrons. The van der Waals surface area contributed by atoms with E-state index >= 15 is 0 Å². The smallest absolute Gasteiger partial charge is 0.334 e.